The Hall–Kier alpha value is -2.54. The third kappa shape index (κ3) is 2.68. The molecule has 3 aromatic carbocycles. The summed E-state index contributed by atoms with van der Waals surface area (Å²) in [5, 5.41) is 10.1. The maximum Gasteiger partial charge on any atom is 0.116 e. The quantitative estimate of drug-likeness (QED) is 0.668. The van der Waals surface area contributed by atoms with Crippen molar-refractivity contribution in [2.24, 2.45) is 0 Å². The van der Waals surface area contributed by atoms with Crippen LogP contribution in [0.25, 0.3) is 22.3 Å². The SMILES string of the molecule is Cc1ccccc1-c1cc(O)cc(-c2ccccc2C)c1. The molecule has 1 heteroatoms. The van der Waals surface area contributed by atoms with Gasteiger partial charge in [-0.05, 0) is 65.4 Å². The van der Waals surface area contributed by atoms with Crippen molar-refractivity contribution in [1.82, 2.24) is 0 Å². The van der Waals surface area contributed by atoms with Gasteiger partial charge in [0.05, 0.1) is 0 Å². The first-order valence-electron chi connectivity index (χ1n) is 7.11. The molecule has 3 aromatic rings. The molecule has 0 fully saturated rings. The van der Waals surface area contributed by atoms with Crippen molar-refractivity contribution in [3.63, 3.8) is 0 Å². The highest BCUT2D eigenvalue weighted by Gasteiger charge is 2.08. The van der Waals surface area contributed by atoms with E-state index in [9.17, 15) is 5.11 Å². The zero-order chi connectivity index (χ0) is 14.8. The van der Waals surface area contributed by atoms with Crippen LogP contribution in [-0.2, 0) is 0 Å². The van der Waals surface area contributed by atoms with E-state index in [4.69, 9.17) is 0 Å². The molecule has 3 rings (SSSR count). The van der Waals surface area contributed by atoms with E-state index in [0.717, 1.165) is 22.3 Å². The third-order valence-corrected chi connectivity index (χ3v) is 3.83. The van der Waals surface area contributed by atoms with Crippen LogP contribution in [0.1, 0.15) is 11.1 Å². The zero-order valence-electron chi connectivity index (χ0n) is 12.3. The number of aromatic hydroxyl groups is 1. The summed E-state index contributed by atoms with van der Waals surface area (Å²) in [5.41, 5.74) is 6.82. The van der Waals surface area contributed by atoms with E-state index in [0.29, 0.717) is 5.75 Å². The normalized spacial score (nSPS) is 10.6. The lowest BCUT2D eigenvalue weighted by atomic mass is 9.94. The van der Waals surface area contributed by atoms with Crippen molar-refractivity contribution >= 4 is 0 Å². The van der Waals surface area contributed by atoms with Crippen LogP contribution in [0.4, 0.5) is 0 Å². The van der Waals surface area contributed by atoms with Gasteiger partial charge in [-0.1, -0.05) is 48.5 Å². The lowest BCUT2D eigenvalue weighted by Gasteiger charge is -2.11. The lowest BCUT2D eigenvalue weighted by molar-refractivity contribution is 0.476. The first-order valence-corrected chi connectivity index (χ1v) is 7.11. The van der Waals surface area contributed by atoms with Gasteiger partial charge in [-0.3, -0.25) is 0 Å². The van der Waals surface area contributed by atoms with E-state index in [-0.39, 0.29) is 0 Å². The number of rotatable bonds is 2. The average molecular weight is 274 g/mol. The Morgan fingerprint density at radius 3 is 1.48 bits per heavy atom. The van der Waals surface area contributed by atoms with Crippen LogP contribution in [0, 0.1) is 13.8 Å². The van der Waals surface area contributed by atoms with Crippen LogP contribution in [0.5, 0.6) is 5.75 Å². The van der Waals surface area contributed by atoms with Crippen LogP contribution >= 0.6 is 0 Å². The van der Waals surface area contributed by atoms with Gasteiger partial charge in [0, 0.05) is 0 Å². The number of hydrogen-bond acceptors (Lipinski definition) is 1. The summed E-state index contributed by atoms with van der Waals surface area (Å²) < 4.78 is 0. The molecule has 1 N–H and O–H groups in total. The van der Waals surface area contributed by atoms with Crippen LogP contribution in [0.3, 0.4) is 0 Å². The summed E-state index contributed by atoms with van der Waals surface area (Å²) in [6.07, 6.45) is 0. The number of hydrogen-bond donors (Lipinski definition) is 1. The predicted octanol–water partition coefficient (Wildman–Crippen LogP) is 5.34. The molecule has 0 unspecified atom stereocenters. The number of aryl methyl sites for hydroxylation is 2. The molecule has 0 bridgehead atoms. The third-order valence-electron chi connectivity index (χ3n) is 3.83. The van der Waals surface area contributed by atoms with Crippen LogP contribution in [-0.4, -0.2) is 5.11 Å². The monoisotopic (exact) mass is 274 g/mol. The fourth-order valence-electron chi connectivity index (χ4n) is 2.72. The van der Waals surface area contributed by atoms with Gasteiger partial charge >= 0.3 is 0 Å². The highest BCUT2D eigenvalue weighted by atomic mass is 16.3. The zero-order valence-corrected chi connectivity index (χ0v) is 12.3. The van der Waals surface area contributed by atoms with Crippen molar-refractivity contribution in [3.8, 4) is 28.0 Å². The molecule has 0 spiro atoms. The number of benzene rings is 3. The molecule has 104 valence electrons. The van der Waals surface area contributed by atoms with Crippen molar-refractivity contribution in [2.75, 3.05) is 0 Å². The molecule has 0 saturated carbocycles. The lowest BCUT2D eigenvalue weighted by Crippen LogP contribution is -1.87. The molecule has 0 aliphatic carbocycles. The Balaban J connectivity index is 2.18. The van der Waals surface area contributed by atoms with Crippen LogP contribution < -0.4 is 0 Å². The average Bonchev–Trinajstić information content (AvgIpc) is 2.47. The molecular weight excluding hydrogens is 256 g/mol. The largest absolute Gasteiger partial charge is 0.508 e. The van der Waals surface area contributed by atoms with Crippen molar-refractivity contribution in [2.45, 2.75) is 13.8 Å². The molecule has 0 amide bonds. The van der Waals surface area contributed by atoms with E-state index in [1.54, 1.807) is 0 Å². The Labute approximate surface area is 125 Å². The van der Waals surface area contributed by atoms with Gasteiger partial charge in [-0.25, -0.2) is 0 Å². The van der Waals surface area contributed by atoms with Gasteiger partial charge in [-0.15, -0.1) is 0 Å². The second-order valence-electron chi connectivity index (χ2n) is 5.40. The van der Waals surface area contributed by atoms with Crippen LogP contribution in [0.2, 0.25) is 0 Å². The summed E-state index contributed by atoms with van der Waals surface area (Å²) >= 11 is 0. The molecule has 1 nitrogen and oxygen atoms in total. The van der Waals surface area contributed by atoms with E-state index >= 15 is 0 Å². The van der Waals surface area contributed by atoms with Gasteiger partial charge in [0.1, 0.15) is 5.75 Å². The molecule has 0 aliphatic rings. The Morgan fingerprint density at radius 1 is 0.619 bits per heavy atom. The molecule has 0 aliphatic heterocycles. The minimum absolute atomic E-state index is 0.300. The predicted molar refractivity (Wildman–Crippen MR) is 88.5 cm³/mol. The molecule has 0 atom stereocenters. The van der Waals surface area contributed by atoms with Gasteiger partial charge in [0.15, 0.2) is 0 Å². The van der Waals surface area contributed by atoms with Crippen molar-refractivity contribution < 1.29 is 5.11 Å². The van der Waals surface area contributed by atoms with Crippen molar-refractivity contribution in [3.05, 3.63) is 77.9 Å². The molecule has 0 heterocycles. The summed E-state index contributed by atoms with van der Waals surface area (Å²) in [6, 6.07) is 22.3. The maximum atomic E-state index is 10.1. The Kier molecular flexibility index (Phi) is 3.49. The Bertz CT molecular complexity index is 724. The van der Waals surface area contributed by atoms with E-state index < -0.39 is 0 Å². The summed E-state index contributed by atoms with van der Waals surface area (Å²) in [5.74, 6) is 0.300. The van der Waals surface area contributed by atoms with Crippen molar-refractivity contribution in [1.29, 1.82) is 0 Å². The number of phenolic OH excluding ortho intramolecular Hbond substituents is 1. The van der Waals surface area contributed by atoms with E-state index in [1.165, 1.54) is 11.1 Å². The topological polar surface area (TPSA) is 20.2 Å². The summed E-state index contributed by atoms with van der Waals surface area (Å²) in [4.78, 5) is 0. The van der Waals surface area contributed by atoms with Gasteiger partial charge in [-0.2, -0.15) is 0 Å². The minimum Gasteiger partial charge on any atom is -0.508 e. The first kappa shape index (κ1) is 13.4. The van der Waals surface area contributed by atoms with E-state index in [2.05, 4.69) is 44.2 Å². The smallest absolute Gasteiger partial charge is 0.116 e. The number of phenols is 1. The minimum atomic E-state index is 0.300. The standard InChI is InChI=1S/C20H18O/c1-14-7-3-5-9-19(14)16-11-17(13-18(21)12-16)20-10-6-4-8-15(20)2/h3-13,21H,1-2H3. The summed E-state index contributed by atoms with van der Waals surface area (Å²) in [6.45, 7) is 4.18. The highest BCUT2D eigenvalue weighted by molar-refractivity contribution is 5.77. The summed E-state index contributed by atoms with van der Waals surface area (Å²) in [7, 11) is 0. The second kappa shape index (κ2) is 5.45. The van der Waals surface area contributed by atoms with E-state index in [1.807, 2.05) is 36.4 Å². The van der Waals surface area contributed by atoms with Gasteiger partial charge in [0.2, 0.25) is 0 Å². The van der Waals surface area contributed by atoms with Gasteiger partial charge < -0.3 is 5.11 Å². The molecule has 0 radical (unpaired) electrons. The maximum absolute atomic E-state index is 10.1. The molecule has 0 aromatic heterocycles. The Morgan fingerprint density at radius 2 is 1.05 bits per heavy atom. The van der Waals surface area contributed by atoms with Gasteiger partial charge in [0.25, 0.3) is 0 Å². The molecule has 21 heavy (non-hydrogen) atoms. The first-order chi connectivity index (χ1) is 10.1. The second-order valence-corrected chi connectivity index (χ2v) is 5.40. The van der Waals surface area contributed by atoms with Crippen LogP contribution in [0.15, 0.2) is 66.7 Å². The molecular formula is C20H18O. The fraction of sp³-hybridized carbons (Fsp3) is 0.100. The molecule has 0 saturated heterocycles. The fourth-order valence-corrected chi connectivity index (χ4v) is 2.72. The highest BCUT2D eigenvalue weighted by Crippen LogP contribution is 2.33.